The van der Waals surface area contributed by atoms with Crippen LogP contribution in [0.3, 0.4) is 0 Å². The summed E-state index contributed by atoms with van der Waals surface area (Å²) in [7, 11) is 0. The highest BCUT2D eigenvalue weighted by atomic mass is 19.1. The number of carbonyl (C=O) groups is 1. The Morgan fingerprint density at radius 3 is 2.75 bits per heavy atom. The van der Waals surface area contributed by atoms with Crippen LogP contribution >= 0.6 is 0 Å². The fraction of sp³-hybridized carbons (Fsp3) is 0.714. The third-order valence-electron chi connectivity index (χ3n) is 4.96. The number of hydrogen-bond donors (Lipinski definition) is 2. The van der Waals surface area contributed by atoms with E-state index in [1.54, 1.807) is 11.0 Å². The van der Waals surface area contributed by atoms with Crippen molar-refractivity contribution in [1.29, 1.82) is 0 Å². The zero-order valence-electron chi connectivity index (χ0n) is 17.7. The number of halogens is 1. The van der Waals surface area contributed by atoms with Gasteiger partial charge in [0.05, 0.1) is 12.3 Å². The van der Waals surface area contributed by atoms with E-state index >= 15 is 0 Å². The number of carbonyl (C=O) groups excluding carboxylic acids is 1. The van der Waals surface area contributed by atoms with Crippen LogP contribution in [0, 0.1) is 11.7 Å². The minimum atomic E-state index is -0.531. The lowest BCUT2D eigenvalue weighted by molar-refractivity contribution is 0.0197. The quantitative estimate of drug-likeness (QED) is 0.772. The van der Waals surface area contributed by atoms with Crippen LogP contribution in [0.2, 0.25) is 0 Å². The number of piperidine rings is 1. The number of aliphatic hydroxyl groups is 1. The predicted octanol–water partition coefficient (Wildman–Crippen LogP) is 3.44. The van der Waals surface area contributed by atoms with Crippen LogP contribution in [0.5, 0.6) is 0 Å². The average molecular weight is 396 g/mol. The Labute approximate surface area is 167 Å². The first-order valence-corrected chi connectivity index (χ1v) is 10.1. The fourth-order valence-corrected chi connectivity index (χ4v) is 3.30. The average Bonchev–Trinajstić information content (AvgIpc) is 2.62. The number of pyridine rings is 1. The zero-order chi connectivity index (χ0) is 20.9. The van der Waals surface area contributed by atoms with E-state index in [4.69, 9.17) is 4.74 Å². The fourth-order valence-electron chi connectivity index (χ4n) is 3.30. The highest BCUT2D eigenvalue weighted by molar-refractivity contribution is 5.68. The molecule has 158 valence electrons. The largest absolute Gasteiger partial charge is 0.444 e. The molecule has 28 heavy (non-hydrogen) atoms. The number of likely N-dealkylation sites (tertiary alicyclic amines) is 1. The Kier molecular flexibility index (Phi) is 7.78. The first-order valence-electron chi connectivity index (χ1n) is 10.1. The van der Waals surface area contributed by atoms with Crippen LogP contribution < -0.4 is 5.32 Å². The zero-order valence-corrected chi connectivity index (χ0v) is 17.7. The van der Waals surface area contributed by atoms with Gasteiger partial charge in [-0.2, -0.15) is 0 Å². The molecular weight excluding hydrogens is 361 g/mol. The molecule has 1 amide bonds. The van der Waals surface area contributed by atoms with E-state index in [2.05, 4.69) is 10.3 Å². The van der Waals surface area contributed by atoms with Crippen molar-refractivity contribution >= 4 is 6.09 Å². The molecule has 0 aromatic carbocycles. The van der Waals surface area contributed by atoms with Crippen molar-refractivity contribution in [3.8, 4) is 0 Å². The van der Waals surface area contributed by atoms with Crippen molar-refractivity contribution in [3.05, 3.63) is 29.3 Å². The summed E-state index contributed by atoms with van der Waals surface area (Å²) in [6, 6.07) is 3.03. The highest BCUT2D eigenvalue weighted by Crippen LogP contribution is 2.27. The van der Waals surface area contributed by atoms with Gasteiger partial charge in [0.15, 0.2) is 0 Å². The topological polar surface area (TPSA) is 74.7 Å². The summed E-state index contributed by atoms with van der Waals surface area (Å²) in [4.78, 5) is 18.6. The number of aromatic nitrogens is 1. The van der Waals surface area contributed by atoms with E-state index in [1.807, 2.05) is 34.6 Å². The van der Waals surface area contributed by atoms with Crippen LogP contribution in [0.1, 0.15) is 64.8 Å². The van der Waals surface area contributed by atoms with Gasteiger partial charge in [-0.15, -0.1) is 0 Å². The Bertz CT molecular complexity index is 661. The monoisotopic (exact) mass is 395 g/mol. The van der Waals surface area contributed by atoms with Gasteiger partial charge in [0.25, 0.3) is 0 Å². The van der Waals surface area contributed by atoms with Gasteiger partial charge in [-0.25, -0.2) is 9.18 Å². The van der Waals surface area contributed by atoms with E-state index in [0.29, 0.717) is 18.8 Å². The molecule has 2 atom stereocenters. The molecule has 1 saturated heterocycles. The van der Waals surface area contributed by atoms with Gasteiger partial charge in [0, 0.05) is 37.3 Å². The molecule has 1 aromatic heterocycles. The molecule has 0 spiro atoms. The van der Waals surface area contributed by atoms with Gasteiger partial charge in [-0.05, 0) is 51.7 Å². The number of hydrogen-bond acceptors (Lipinski definition) is 5. The molecule has 1 unspecified atom stereocenters. The Balaban J connectivity index is 2.07. The van der Waals surface area contributed by atoms with Crippen molar-refractivity contribution in [2.24, 2.45) is 5.92 Å². The van der Waals surface area contributed by atoms with E-state index < -0.39 is 5.60 Å². The molecule has 0 bridgehead atoms. The van der Waals surface area contributed by atoms with Gasteiger partial charge in [-0.3, -0.25) is 4.98 Å². The van der Waals surface area contributed by atoms with Gasteiger partial charge >= 0.3 is 6.09 Å². The van der Waals surface area contributed by atoms with Crippen molar-refractivity contribution in [1.82, 2.24) is 15.2 Å². The first kappa shape index (κ1) is 22.6. The molecule has 2 N–H and O–H groups in total. The van der Waals surface area contributed by atoms with E-state index in [-0.39, 0.29) is 42.9 Å². The lowest BCUT2D eigenvalue weighted by Crippen LogP contribution is -2.42. The minimum Gasteiger partial charge on any atom is -0.444 e. The normalized spacial score (nSPS) is 19.0. The molecule has 1 fully saturated rings. The lowest BCUT2D eigenvalue weighted by Gasteiger charge is -2.34. The van der Waals surface area contributed by atoms with E-state index in [9.17, 15) is 14.3 Å². The summed E-state index contributed by atoms with van der Waals surface area (Å²) in [6.45, 7) is 11.0. The minimum absolute atomic E-state index is 0.00749. The maximum absolute atomic E-state index is 14.2. The maximum Gasteiger partial charge on any atom is 0.410 e. The van der Waals surface area contributed by atoms with Crippen LogP contribution in [-0.4, -0.2) is 52.4 Å². The maximum atomic E-state index is 14.2. The third-order valence-corrected chi connectivity index (χ3v) is 4.96. The summed E-state index contributed by atoms with van der Waals surface area (Å²) in [5.74, 6) is -0.0761. The Morgan fingerprint density at radius 1 is 1.43 bits per heavy atom. The number of ether oxygens (including phenoxy) is 1. The molecule has 6 nitrogen and oxygen atoms in total. The molecule has 7 heteroatoms. The number of nitrogens with zero attached hydrogens (tertiary/aromatic N) is 2. The standard InChI is InChI=1S/C21H34FN3O3/c1-14(2)19(13-26)23-11-18-16(22)8-9-17(24-18)15-7-6-10-25(12-15)20(27)28-21(3,4)5/h8-9,14-15,19,23,26H,6-7,10-13H2,1-5H3/t15?,19-/m0/s1. The number of rotatable bonds is 6. The molecule has 2 rings (SSSR count). The van der Waals surface area contributed by atoms with Crippen LogP contribution in [0.4, 0.5) is 9.18 Å². The summed E-state index contributed by atoms with van der Waals surface area (Å²) in [5.41, 5.74) is 0.596. The molecular formula is C21H34FN3O3. The Morgan fingerprint density at radius 2 is 2.14 bits per heavy atom. The molecule has 1 aromatic rings. The smallest absolute Gasteiger partial charge is 0.410 e. The SMILES string of the molecule is CC(C)[C@H](CO)NCc1nc(C2CCCN(C(=O)OC(C)(C)C)C2)ccc1F. The predicted molar refractivity (Wildman–Crippen MR) is 107 cm³/mol. The van der Waals surface area contributed by atoms with Gasteiger partial charge in [0.1, 0.15) is 11.4 Å². The highest BCUT2D eigenvalue weighted by Gasteiger charge is 2.29. The molecule has 0 saturated carbocycles. The molecule has 1 aliphatic heterocycles. The lowest BCUT2D eigenvalue weighted by atomic mass is 9.94. The second-order valence-corrected chi connectivity index (χ2v) is 8.84. The number of amides is 1. The molecule has 0 aliphatic carbocycles. The second-order valence-electron chi connectivity index (χ2n) is 8.84. The van der Waals surface area contributed by atoms with Crippen molar-refractivity contribution in [2.75, 3.05) is 19.7 Å². The third kappa shape index (κ3) is 6.41. The number of nitrogens with one attached hydrogen (secondary N) is 1. The first-order chi connectivity index (χ1) is 13.1. The van der Waals surface area contributed by atoms with Crippen LogP contribution in [0.25, 0.3) is 0 Å². The summed E-state index contributed by atoms with van der Waals surface area (Å²) >= 11 is 0. The molecule has 2 heterocycles. The number of aliphatic hydroxyl groups excluding tert-OH is 1. The van der Waals surface area contributed by atoms with Gasteiger partial charge < -0.3 is 20.1 Å². The van der Waals surface area contributed by atoms with Crippen molar-refractivity contribution in [2.45, 2.75) is 71.6 Å². The summed E-state index contributed by atoms with van der Waals surface area (Å²) in [5, 5.41) is 12.6. The van der Waals surface area contributed by atoms with Gasteiger partial charge in [0.2, 0.25) is 0 Å². The van der Waals surface area contributed by atoms with Crippen molar-refractivity contribution in [3.63, 3.8) is 0 Å². The molecule has 1 aliphatic rings. The van der Waals surface area contributed by atoms with Gasteiger partial charge in [-0.1, -0.05) is 13.8 Å². The van der Waals surface area contributed by atoms with Crippen molar-refractivity contribution < 1.29 is 19.0 Å². The second kappa shape index (κ2) is 9.65. The van der Waals surface area contributed by atoms with E-state index in [1.165, 1.54) is 6.07 Å². The summed E-state index contributed by atoms with van der Waals surface area (Å²) in [6.07, 6.45) is 1.44. The van der Waals surface area contributed by atoms with Crippen LogP contribution in [0.15, 0.2) is 12.1 Å². The Hall–Kier alpha value is -1.73. The van der Waals surface area contributed by atoms with Crippen LogP contribution in [-0.2, 0) is 11.3 Å². The molecule has 0 radical (unpaired) electrons. The summed E-state index contributed by atoms with van der Waals surface area (Å²) < 4.78 is 19.7. The van der Waals surface area contributed by atoms with E-state index in [0.717, 1.165) is 18.5 Å².